The second-order valence-electron chi connectivity index (χ2n) is 13.1. The minimum Gasteiger partial charge on any atom is -0.444 e. The van der Waals surface area contributed by atoms with Crippen LogP contribution in [-0.4, -0.2) is 78.7 Å². The molecule has 11 heteroatoms. The van der Waals surface area contributed by atoms with Gasteiger partial charge >= 0.3 is 6.09 Å². The molecule has 0 bridgehead atoms. The van der Waals surface area contributed by atoms with Crippen LogP contribution in [0.25, 0.3) is 10.9 Å². The molecule has 1 unspecified atom stereocenters. The number of pyridine rings is 1. The Morgan fingerprint density at radius 3 is 2.65 bits per heavy atom. The molecule has 0 radical (unpaired) electrons. The molecule has 3 aliphatic rings. The summed E-state index contributed by atoms with van der Waals surface area (Å²) in [5.74, 6) is -0.126. The number of carbonyl (C=O) groups excluding carboxylic acids is 2. The zero-order chi connectivity index (χ0) is 30.8. The summed E-state index contributed by atoms with van der Waals surface area (Å²) in [6.45, 7) is 7.49. The number of nitrogens with zero attached hydrogens (tertiary/aromatic N) is 4. The van der Waals surface area contributed by atoms with Crippen molar-refractivity contribution in [2.75, 3.05) is 50.5 Å². The fraction of sp³-hybridized carbons (Fsp3) is 0.469. The number of piperidine rings is 1. The molecule has 2 aromatic carbocycles. The van der Waals surface area contributed by atoms with Gasteiger partial charge in [-0.15, -0.1) is 0 Å². The van der Waals surface area contributed by atoms with Gasteiger partial charge in [0.15, 0.2) is 11.6 Å². The highest BCUT2D eigenvalue weighted by atomic mass is 79.9. The van der Waals surface area contributed by atoms with Gasteiger partial charge in [-0.05, 0) is 86.9 Å². The molecule has 3 aromatic rings. The lowest BCUT2D eigenvalue weighted by atomic mass is 9.73. The van der Waals surface area contributed by atoms with Crippen LogP contribution in [0.15, 0.2) is 34.8 Å². The summed E-state index contributed by atoms with van der Waals surface area (Å²) >= 11 is 9.99. The Kier molecular flexibility index (Phi) is 7.62. The number of hydrogen-bond donors (Lipinski definition) is 1. The number of amides is 2. The molecule has 1 atom stereocenters. The van der Waals surface area contributed by atoms with Crippen molar-refractivity contribution in [2.24, 2.45) is 0 Å². The highest BCUT2D eigenvalue weighted by Gasteiger charge is 2.53. The van der Waals surface area contributed by atoms with Crippen molar-refractivity contribution < 1.29 is 18.7 Å². The summed E-state index contributed by atoms with van der Waals surface area (Å²) < 4.78 is 22.4. The van der Waals surface area contributed by atoms with Crippen molar-refractivity contribution in [2.45, 2.75) is 57.1 Å². The van der Waals surface area contributed by atoms with Gasteiger partial charge in [-0.3, -0.25) is 4.79 Å². The van der Waals surface area contributed by atoms with E-state index < -0.39 is 22.9 Å². The van der Waals surface area contributed by atoms with Crippen LogP contribution in [0.2, 0.25) is 5.02 Å². The standard InChI is InChI=1S/C32H36BrClFN5O3/c1-31(2,3)43-30(42)39-12-8-11-32(17-39)23-21-14-19(13-18-9-6-7-10-22(18)34)24(33)25(35)26(21)36-28(27(23)37-29(32)41)40-15-20(16-40)38(4)5/h6-7,9-10,14,20H,8,11-13,15-17H2,1-5H3,(H,37,41). The molecule has 0 aliphatic carbocycles. The number of carbonyl (C=O) groups is 2. The Bertz CT molecular complexity index is 1640. The summed E-state index contributed by atoms with van der Waals surface area (Å²) in [7, 11) is 4.06. The van der Waals surface area contributed by atoms with Crippen LogP contribution in [0.3, 0.4) is 0 Å². The number of likely N-dealkylation sites (tertiary alicyclic amines) is 1. The van der Waals surface area contributed by atoms with E-state index in [0.29, 0.717) is 82.5 Å². The first-order valence-corrected chi connectivity index (χ1v) is 15.8. The van der Waals surface area contributed by atoms with Gasteiger partial charge in [-0.2, -0.15) is 0 Å². The summed E-state index contributed by atoms with van der Waals surface area (Å²) in [6, 6.07) is 9.74. The van der Waals surface area contributed by atoms with E-state index in [2.05, 4.69) is 31.0 Å². The number of anilines is 2. The average molecular weight is 673 g/mol. The van der Waals surface area contributed by atoms with E-state index in [1.165, 1.54) is 0 Å². The summed E-state index contributed by atoms with van der Waals surface area (Å²) in [6.07, 6.45) is 1.04. The van der Waals surface area contributed by atoms with Gasteiger partial charge in [0.25, 0.3) is 0 Å². The zero-order valence-electron chi connectivity index (χ0n) is 25.1. The molecule has 8 nitrogen and oxygen atoms in total. The number of likely N-dealkylation sites (N-methyl/N-ethyl adjacent to an activating group) is 1. The van der Waals surface area contributed by atoms with E-state index in [0.717, 1.165) is 5.56 Å². The van der Waals surface area contributed by atoms with Crippen molar-refractivity contribution >= 4 is 61.9 Å². The van der Waals surface area contributed by atoms with Gasteiger partial charge in [-0.25, -0.2) is 14.2 Å². The van der Waals surface area contributed by atoms with Gasteiger partial charge in [0.2, 0.25) is 5.91 Å². The maximum atomic E-state index is 16.4. The topological polar surface area (TPSA) is 78.0 Å². The first kappa shape index (κ1) is 30.1. The van der Waals surface area contributed by atoms with Gasteiger partial charge in [0.05, 0.1) is 15.6 Å². The number of aromatic nitrogens is 1. The second-order valence-corrected chi connectivity index (χ2v) is 14.3. The molecule has 3 aliphatic heterocycles. The number of ether oxygens (including phenoxy) is 1. The van der Waals surface area contributed by atoms with Crippen LogP contribution in [0.5, 0.6) is 0 Å². The second kappa shape index (κ2) is 10.9. The lowest BCUT2D eigenvalue weighted by Crippen LogP contribution is -2.57. The van der Waals surface area contributed by atoms with E-state index >= 15 is 4.39 Å². The molecular formula is C32H36BrClFN5O3. The van der Waals surface area contributed by atoms with Gasteiger partial charge < -0.3 is 24.8 Å². The van der Waals surface area contributed by atoms with Crippen molar-refractivity contribution in [1.29, 1.82) is 0 Å². The monoisotopic (exact) mass is 671 g/mol. The number of fused-ring (bicyclic) bond motifs is 4. The molecule has 0 saturated carbocycles. The van der Waals surface area contributed by atoms with Crippen LogP contribution in [0, 0.1) is 5.82 Å². The SMILES string of the molecule is CN(C)C1CN(c2nc3c(F)c(Br)c(Cc4ccccc4Cl)cc3c3c2NC(=O)C32CCCN(C(=O)OC(C)(C)C)C2)C1. The molecule has 6 rings (SSSR count). The molecule has 1 N–H and O–H groups in total. The Morgan fingerprint density at radius 2 is 1.98 bits per heavy atom. The van der Waals surface area contributed by atoms with Crippen LogP contribution >= 0.6 is 27.5 Å². The van der Waals surface area contributed by atoms with E-state index in [-0.39, 0.29) is 18.0 Å². The fourth-order valence-corrected chi connectivity index (χ4v) is 7.07. The Morgan fingerprint density at radius 1 is 1.26 bits per heavy atom. The molecule has 43 heavy (non-hydrogen) atoms. The molecular weight excluding hydrogens is 637 g/mol. The van der Waals surface area contributed by atoms with Crippen molar-refractivity contribution in [1.82, 2.24) is 14.8 Å². The smallest absolute Gasteiger partial charge is 0.410 e. The van der Waals surface area contributed by atoms with Crippen LogP contribution in [0.1, 0.15) is 50.3 Å². The number of hydrogen-bond acceptors (Lipinski definition) is 6. The highest BCUT2D eigenvalue weighted by molar-refractivity contribution is 9.10. The molecule has 4 heterocycles. The number of rotatable bonds is 4. The summed E-state index contributed by atoms with van der Waals surface area (Å²) in [4.78, 5) is 38.0. The first-order valence-electron chi connectivity index (χ1n) is 14.6. The molecule has 1 spiro atoms. The third-order valence-corrected chi connectivity index (χ3v) is 9.97. The molecule has 2 amide bonds. The minimum atomic E-state index is -1.08. The Labute approximate surface area is 264 Å². The number of halogens is 3. The van der Waals surface area contributed by atoms with Gasteiger partial charge in [0.1, 0.15) is 11.1 Å². The minimum absolute atomic E-state index is 0.136. The third-order valence-electron chi connectivity index (χ3n) is 8.74. The van der Waals surface area contributed by atoms with Crippen molar-refractivity contribution in [3.05, 3.63) is 62.3 Å². The molecule has 2 fully saturated rings. The molecule has 2 saturated heterocycles. The van der Waals surface area contributed by atoms with E-state index in [1.54, 1.807) is 4.90 Å². The van der Waals surface area contributed by atoms with Crippen molar-refractivity contribution in [3.8, 4) is 0 Å². The molecule has 228 valence electrons. The third kappa shape index (κ3) is 5.25. The van der Waals surface area contributed by atoms with Crippen molar-refractivity contribution in [3.63, 3.8) is 0 Å². The molecule has 1 aromatic heterocycles. The largest absolute Gasteiger partial charge is 0.444 e. The summed E-state index contributed by atoms with van der Waals surface area (Å²) in [5.41, 5.74) is 1.30. The zero-order valence-corrected chi connectivity index (χ0v) is 27.4. The maximum Gasteiger partial charge on any atom is 0.410 e. The van der Waals surface area contributed by atoms with E-state index in [4.69, 9.17) is 21.3 Å². The quantitative estimate of drug-likeness (QED) is 0.348. The van der Waals surface area contributed by atoms with Gasteiger partial charge in [0, 0.05) is 54.6 Å². The van der Waals surface area contributed by atoms with E-state index in [9.17, 15) is 9.59 Å². The predicted octanol–water partition coefficient (Wildman–Crippen LogP) is 6.35. The lowest BCUT2D eigenvalue weighted by Gasteiger charge is -2.44. The predicted molar refractivity (Wildman–Crippen MR) is 171 cm³/mol. The fourth-order valence-electron chi connectivity index (χ4n) is 6.43. The van der Waals surface area contributed by atoms with E-state index in [1.807, 2.05) is 65.2 Å². The highest BCUT2D eigenvalue weighted by Crippen LogP contribution is 2.52. The number of nitrogens with one attached hydrogen (secondary N) is 1. The van der Waals surface area contributed by atoms with Crippen LogP contribution in [0.4, 0.5) is 20.7 Å². The number of benzene rings is 2. The van der Waals surface area contributed by atoms with Gasteiger partial charge in [-0.1, -0.05) is 29.8 Å². The lowest BCUT2D eigenvalue weighted by molar-refractivity contribution is -0.122. The maximum absolute atomic E-state index is 16.4. The average Bonchev–Trinajstić information content (AvgIpc) is 3.18. The van der Waals surface area contributed by atoms with Crippen LogP contribution in [-0.2, 0) is 21.4 Å². The normalized spacial score (nSPS) is 20.5. The Balaban J connectivity index is 1.53. The Hall–Kier alpha value is -2.95. The first-order chi connectivity index (χ1) is 20.3. The van der Waals surface area contributed by atoms with Crippen LogP contribution < -0.4 is 10.2 Å². The summed E-state index contributed by atoms with van der Waals surface area (Å²) in [5, 5.41) is 4.30.